The Morgan fingerprint density at radius 3 is 2.17 bits per heavy atom. The minimum absolute atomic E-state index is 0.0958. The molecule has 0 aromatic rings. The van der Waals surface area contributed by atoms with Gasteiger partial charge < -0.3 is 9.64 Å². The predicted molar refractivity (Wildman–Crippen MR) is 55.7 cm³/mol. The fourth-order valence-corrected chi connectivity index (χ4v) is 1.68. The molecule has 0 radical (unpaired) electrons. The van der Waals surface area contributed by atoms with Gasteiger partial charge in [-0.2, -0.15) is 13.2 Å². The second kappa shape index (κ2) is 6.03. The quantitative estimate of drug-likeness (QED) is 0.532. The van der Waals surface area contributed by atoms with Crippen molar-refractivity contribution in [2.45, 2.75) is 13.1 Å². The monoisotopic (exact) mass is 268 g/mol. The maximum atomic E-state index is 12.1. The first-order valence-corrected chi connectivity index (χ1v) is 5.58. The first-order valence-electron chi connectivity index (χ1n) is 5.58. The zero-order chi connectivity index (χ0) is 13.8. The lowest BCUT2D eigenvalue weighted by Gasteiger charge is -2.34. The van der Waals surface area contributed by atoms with Crippen molar-refractivity contribution in [1.82, 2.24) is 9.80 Å². The summed E-state index contributed by atoms with van der Waals surface area (Å²) < 4.78 is 40.9. The lowest BCUT2D eigenvalue weighted by molar-refractivity contribution is -0.163. The number of alkyl halides is 3. The van der Waals surface area contributed by atoms with Gasteiger partial charge in [0.15, 0.2) is 0 Å². The van der Waals surface area contributed by atoms with E-state index in [4.69, 9.17) is 0 Å². The van der Waals surface area contributed by atoms with Crippen LogP contribution in [0.15, 0.2) is 0 Å². The Balaban J connectivity index is 2.39. The molecule has 0 aromatic carbocycles. The lowest BCUT2D eigenvalue weighted by atomic mass is 10.3. The smallest absolute Gasteiger partial charge is 0.401 e. The highest BCUT2D eigenvalue weighted by Crippen LogP contribution is 2.17. The van der Waals surface area contributed by atoms with Gasteiger partial charge in [-0.1, -0.05) is 0 Å². The summed E-state index contributed by atoms with van der Waals surface area (Å²) in [6.07, 6.45) is -4.24. The molecule has 1 fully saturated rings. The van der Waals surface area contributed by atoms with Gasteiger partial charge >= 0.3 is 18.1 Å². The second-order valence-electron chi connectivity index (χ2n) is 3.90. The number of esters is 1. The summed E-state index contributed by atoms with van der Waals surface area (Å²) >= 11 is 0. The number of amides is 1. The summed E-state index contributed by atoms with van der Waals surface area (Å²) in [7, 11) is 0. The van der Waals surface area contributed by atoms with Crippen LogP contribution >= 0.6 is 0 Å². The van der Waals surface area contributed by atoms with Crippen LogP contribution in [0, 0.1) is 0 Å². The van der Waals surface area contributed by atoms with E-state index in [0.717, 1.165) is 0 Å². The van der Waals surface area contributed by atoms with Gasteiger partial charge in [0, 0.05) is 26.2 Å². The number of ether oxygens (including phenoxy) is 1. The molecule has 8 heteroatoms. The molecule has 0 unspecified atom stereocenters. The van der Waals surface area contributed by atoms with Crippen LogP contribution in [-0.4, -0.2) is 67.2 Å². The number of hydrogen-bond acceptors (Lipinski definition) is 4. The maximum absolute atomic E-state index is 12.1. The minimum Gasteiger partial charge on any atom is -0.459 e. The molecule has 0 saturated carbocycles. The van der Waals surface area contributed by atoms with Crippen molar-refractivity contribution in [2.24, 2.45) is 0 Å². The van der Waals surface area contributed by atoms with Gasteiger partial charge in [0.2, 0.25) is 0 Å². The Bertz CT molecular complexity index is 312. The van der Waals surface area contributed by atoms with E-state index in [2.05, 4.69) is 4.74 Å². The average Bonchev–Trinajstić information content (AvgIpc) is 2.27. The van der Waals surface area contributed by atoms with E-state index >= 15 is 0 Å². The first-order chi connectivity index (χ1) is 8.33. The summed E-state index contributed by atoms with van der Waals surface area (Å²) in [5.41, 5.74) is 0. The largest absolute Gasteiger partial charge is 0.459 e. The normalized spacial score (nSPS) is 17.7. The number of rotatable bonds is 2. The van der Waals surface area contributed by atoms with Crippen LogP contribution in [0.2, 0.25) is 0 Å². The van der Waals surface area contributed by atoms with Crippen LogP contribution in [0.25, 0.3) is 0 Å². The zero-order valence-electron chi connectivity index (χ0n) is 10.00. The van der Waals surface area contributed by atoms with Crippen LogP contribution in [0.1, 0.15) is 6.92 Å². The average molecular weight is 268 g/mol. The highest BCUT2D eigenvalue weighted by Gasteiger charge is 2.34. The fourth-order valence-electron chi connectivity index (χ4n) is 1.68. The Kier molecular flexibility index (Phi) is 4.94. The number of carbonyl (C=O) groups excluding carboxylic acids is 2. The molecule has 1 heterocycles. The number of hydrogen-bond donors (Lipinski definition) is 0. The summed E-state index contributed by atoms with van der Waals surface area (Å²) in [5.74, 6) is -1.75. The standard InChI is InChI=1S/C10H15F3N2O3/c1-2-18-9(17)8(16)15-5-3-14(4-6-15)7-10(11,12)13/h2-7H2,1H3. The van der Waals surface area contributed by atoms with Crippen molar-refractivity contribution >= 4 is 11.9 Å². The van der Waals surface area contributed by atoms with Crippen molar-refractivity contribution in [3.63, 3.8) is 0 Å². The Morgan fingerprint density at radius 1 is 1.17 bits per heavy atom. The van der Waals surface area contributed by atoms with Gasteiger partial charge in [0.05, 0.1) is 13.2 Å². The van der Waals surface area contributed by atoms with Gasteiger partial charge in [-0.05, 0) is 6.92 Å². The maximum Gasteiger partial charge on any atom is 0.401 e. The number of halogens is 3. The molecule has 0 aromatic heterocycles. The molecule has 1 aliphatic heterocycles. The lowest BCUT2D eigenvalue weighted by Crippen LogP contribution is -2.52. The molecule has 0 bridgehead atoms. The van der Waals surface area contributed by atoms with E-state index < -0.39 is 24.6 Å². The van der Waals surface area contributed by atoms with E-state index in [1.165, 1.54) is 9.80 Å². The number of carbonyl (C=O) groups is 2. The van der Waals surface area contributed by atoms with E-state index in [1.54, 1.807) is 6.92 Å². The zero-order valence-corrected chi connectivity index (χ0v) is 10.00. The molecule has 1 saturated heterocycles. The van der Waals surface area contributed by atoms with Crippen molar-refractivity contribution in [1.29, 1.82) is 0 Å². The van der Waals surface area contributed by atoms with Gasteiger partial charge in [0.1, 0.15) is 0 Å². The predicted octanol–water partition coefficient (Wildman–Crippen LogP) is 0.256. The Morgan fingerprint density at radius 2 is 1.72 bits per heavy atom. The third-order valence-electron chi connectivity index (χ3n) is 2.51. The molecule has 0 aliphatic carbocycles. The van der Waals surface area contributed by atoms with Gasteiger partial charge in [-0.25, -0.2) is 4.79 Å². The molecule has 1 aliphatic rings. The topological polar surface area (TPSA) is 49.9 Å². The molecule has 0 spiro atoms. The molecule has 104 valence electrons. The van der Waals surface area contributed by atoms with Crippen LogP contribution in [0.3, 0.4) is 0 Å². The van der Waals surface area contributed by atoms with Crippen molar-refractivity contribution in [3.8, 4) is 0 Å². The van der Waals surface area contributed by atoms with E-state index in [-0.39, 0.29) is 32.8 Å². The highest BCUT2D eigenvalue weighted by molar-refractivity contribution is 6.32. The molecule has 0 atom stereocenters. The summed E-state index contributed by atoms with van der Waals surface area (Å²) in [5, 5.41) is 0. The van der Waals surface area contributed by atoms with Gasteiger partial charge in [0.25, 0.3) is 0 Å². The van der Waals surface area contributed by atoms with Gasteiger partial charge in [-0.15, -0.1) is 0 Å². The molecular formula is C10H15F3N2O3. The third kappa shape index (κ3) is 4.52. The van der Waals surface area contributed by atoms with E-state index in [1.807, 2.05) is 0 Å². The Hall–Kier alpha value is -1.31. The fraction of sp³-hybridized carbons (Fsp3) is 0.800. The number of nitrogens with zero attached hydrogens (tertiary/aromatic N) is 2. The third-order valence-corrected chi connectivity index (χ3v) is 2.51. The van der Waals surface area contributed by atoms with Crippen molar-refractivity contribution in [3.05, 3.63) is 0 Å². The summed E-state index contributed by atoms with van der Waals surface area (Å²) in [4.78, 5) is 25.1. The van der Waals surface area contributed by atoms with E-state index in [9.17, 15) is 22.8 Å². The van der Waals surface area contributed by atoms with Crippen molar-refractivity contribution < 1.29 is 27.5 Å². The minimum atomic E-state index is -4.24. The second-order valence-corrected chi connectivity index (χ2v) is 3.90. The summed E-state index contributed by atoms with van der Waals surface area (Å²) in [6, 6.07) is 0. The highest BCUT2D eigenvalue weighted by atomic mass is 19.4. The summed E-state index contributed by atoms with van der Waals surface area (Å²) in [6.45, 7) is 1.09. The van der Waals surface area contributed by atoms with E-state index in [0.29, 0.717) is 0 Å². The van der Waals surface area contributed by atoms with Crippen LogP contribution < -0.4 is 0 Å². The molecule has 1 amide bonds. The van der Waals surface area contributed by atoms with Crippen LogP contribution in [0.4, 0.5) is 13.2 Å². The van der Waals surface area contributed by atoms with Crippen molar-refractivity contribution in [2.75, 3.05) is 39.3 Å². The SMILES string of the molecule is CCOC(=O)C(=O)N1CCN(CC(F)(F)F)CC1. The number of piperazine rings is 1. The first kappa shape index (κ1) is 14.7. The molecule has 0 N–H and O–H groups in total. The van der Waals surface area contributed by atoms with Crippen LogP contribution in [0.5, 0.6) is 0 Å². The molecule has 1 rings (SSSR count). The van der Waals surface area contributed by atoms with Crippen LogP contribution in [-0.2, 0) is 14.3 Å². The molecular weight excluding hydrogens is 253 g/mol. The van der Waals surface area contributed by atoms with Gasteiger partial charge in [-0.3, -0.25) is 9.69 Å². The molecule has 5 nitrogen and oxygen atoms in total. The molecule has 18 heavy (non-hydrogen) atoms. The Labute approximate surface area is 102 Å².